The maximum atomic E-state index is 11.3. The van der Waals surface area contributed by atoms with Gasteiger partial charge in [0.2, 0.25) is 0 Å². The molecule has 7 nitrogen and oxygen atoms in total. The summed E-state index contributed by atoms with van der Waals surface area (Å²) in [5.74, 6) is 0. The third-order valence-corrected chi connectivity index (χ3v) is 2.93. The molecule has 19 heavy (non-hydrogen) atoms. The molecule has 1 amide bonds. The maximum Gasteiger partial charge on any atom is 0.340 e. The van der Waals surface area contributed by atoms with Crippen molar-refractivity contribution in [3.05, 3.63) is 34.0 Å². The summed E-state index contributed by atoms with van der Waals surface area (Å²) in [6, 6.07) is 3.60. The molecule has 2 rings (SSSR count). The van der Waals surface area contributed by atoms with Crippen molar-refractivity contribution in [1.29, 1.82) is 0 Å². The summed E-state index contributed by atoms with van der Waals surface area (Å²) in [6.07, 6.45) is 2.64. The largest absolute Gasteiger partial charge is 0.350 e. The molecule has 100 valence electrons. The molecule has 2 N–H and O–H groups in total. The van der Waals surface area contributed by atoms with Gasteiger partial charge in [0.25, 0.3) is 5.69 Å². The lowest BCUT2D eigenvalue weighted by molar-refractivity contribution is -0.384. The van der Waals surface area contributed by atoms with Crippen LogP contribution in [-0.4, -0.2) is 20.7 Å². The number of benzene rings is 1. The highest BCUT2D eigenvalue weighted by Crippen LogP contribution is 2.24. The van der Waals surface area contributed by atoms with E-state index in [1.54, 1.807) is 6.07 Å². The summed E-state index contributed by atoms with van der Waals surface area (Å²) in [7, 11) is 0. The fourth-order valence-electron chi connectivity index (χ4n) is 1.98. The van der Waals surface area contributed by atoms with Crippen LogP contribution in [0.5, 0.6) is 0 Å². The van der Waals surface area contributed by atoms with Crippen molar-refractivity contribution in [3.8, 4) is 0 Å². The zero-order valence-corrected chi connectivity index (χ0v) is 10.5. The highest BCUT2D eigenvalue weighted by molar-refractivity contribution is 5.92. The van der Waals surface area contributed by atoms with E-state index in [0.29, 0.717) is 11.9 Å². The Morgan fingerprint density at radius 3 is 2.84 bits per heavy atom. The van der Waals surface area contributed by atoms with E-state index >= 15 is 0 Å². The van der Waals surface area contributed by atoms with Crippen LogP contribution >= 0.6 is 0 Å². The third kappa shape index (κ3) is 2.40. The highest BCUT2D eigenvalue weighted by Gasteiger charge is 2.16. The van der Waals surface area contributed by atoms with Crippen LogP contribution in [0.2, 0.25) is 0 Å². The van der Waals surface area contributed by atoms with E-state index in [0.717, 1.165) is 28.6 Å². The van der Waals surface area contributed by atoms with Gasteiger partial charge in [0.05, 0.1) is 16.1 Å². The zero-order valence-electron chi connectivity index (χ0n) is 10.5. The Hall–Kier alpha value is -2.44. The van der Waals surface area contributed by atoms with Crippen LogP contribution in [0.4, 0.5) is 10.5 Å². The smallest absolute Gasteiger partial charge is 0.340 e. The van der Waals surface area contributed by atoms with E-state index in [-0.39, 0.29) is 5.69 Å². The van der Waals surface area contributed by atoms with Crippen LogP contribution in [-0.2, 0) is 6.42 Å². The number of hydrogen-bond donors (Lipinski definition) is 1. The topological polar surface area (TPSA) is 104 Å². The number of hydrogen-bond acceptors (Lipinski definition) is 4. The highest BCUT2D eigenvalue weighted by atomic mass is 16.6. The molecular weight excluding hydrogens is 248 g/mol. The lowest BCUT2D eigenvalue weighted by atomic mass is 10.1. The van der Waals surface area contributed by atoms with Crippen LogP contribution in [0.15, 0.2) is 18.2 Å². The molecule has 0 saturated heterocycles. The van der Waals surface area contributed by atoms with Crippen molar-refractivity contribution < 1.29 is 9.72 Å². The monoisotopic (exact) mass is 262 g/mol. The second-order valence-corrected chi connectivity index (χ2v) is 4.26. The number of nitrogens with zero attached hydrogens (tertiary/aromatic N) is 3. The van der Waals surface area contributed by atoms with Gasteiger partial charge in [0.15, 0.2) is 0 Å². The zero-order chi connectivity index (χ0) is 14.0. The summed E-state index contributed by atoms with van der Waals surface area (Å²) < 4.78 is 1.02. The van der Waals surface area contributed by atoms with Crippen LogP contribution in [0.25, 0.3) is 10.9 Å². The number of nitro groups is 1. The van der Waals surface area contributed by atoms with Gasteiger partial charge in [-0.2, -0.15) is 9.78 Å². The molecule has 0 bridgehead atoms. The van der Waals surface area contributed by atoms with Gasteiger partial charge in [-0.15, -0.1) is 0 Å². The summed E-state index contributed by atoms with van der Waals surface area (Å²) in [4.78, 5) is 21.6. The Bertz CT molecular complexity index is 648. The van der Waals surface area contributed by atoms with Crippen molar-refractivity contribution in [1.82, 2.24) is 9.78 Å². The molecule has 0 fully saturated rings. The van der Waals surface area contributed by atoms with Gasteiger partial charge >= 0.3 is 6.03 Å². The van der Waals surface area contributed by atoms with Gasteiger partial charge in [-0.25, -0.2) is 4.79 Å². The molecule has 1 aromatic heterocycles. The number of primary amides is 1. The standard InChI is InChI=1S/C12H14N4O3/c1-2-3-4-10-9-6-5-8(16(18)19)7-11(9)15(14-10)12(13)17/h5-7H,2-4H2,1H3,(H2,13,17). The first kappa shape index (κ1) is 13.0. The average molecular weight is 262 g/mol. The molecule has 1 heterocycles. The predicted octanol–water partition coefficient (Wildman–Crippen LogP) is 2.21. The number of rotatable bonds is 4. The number of aromatic nitrogens is 2. The van der Waals surface area contributed by atoms with Crippen molar-refractivity contribution in [3.63, 3.8) is 0 Å². The Morgan fingerprint density at radius 2 is 2.26 bits per heavy atom. The van der Waals surface area contributed by atoms with Crippen molar-refractivity contribution in [2.75, 3.05) is 0 Å². The average Bonchev–Trinajstić information content (AvgIpc) is 2.74. The summed E-state index contributed by atoms with van der Waals surface area (Å²) in [6.45, 7) is 2.05. The maximum absolute atomic E-state index is 11.3. The number of nitro benzene ring substituents is 1. The van der Waals surface area contributed by atoms with Crippen molar-refractivity contribution in [2.45, 2.75) is 26.2 Å². The summed E-state index contributed by atoms with van der Waals surface area (Å²) in [5.41, 5.74) is 6.28. The van der Waals surface area contributed by atoms with Gasteiger partial charge in [0, 0.05) is 17.5 Å². The SMILES string of the molecule is CCCCc1nn(C(N)=O)c2cc([N+](=O)[O-])ccc12. The van der Waals surface area contributed by atoms with Gasteiger partial charge in [-0.1, -0.05) is 13.3 Å². The first-order chi connectivity index (χ1) is 9.04. The lowest BCUT2D eigenvalue weighted by Crippen LogP contribution is -2.20. The molecule has 0 unspecified atom stereocenters. The van der Waals surface area contributed by atoms with Crippen LogP contribution in [0, 0.1) is 10.1 Å². The first-order valence-electron chi connectivity index (χ1n) is 6.00. The van der Waals surface area contributed by atoms with E-state index in [1.165, 1.54) is 12.1 Å². The van der Waals surface area contributed by atoms with E-state index in [2.05, 4.69) is 12.0 Å². The van der Waals surface area contributed by atoms with Crippen LogP contribution in [0.3, 0.4) is 0 Å². The molecule has 0 aliphatic carbocycles. The van der Waals surface area contributed by atoms with E-state index in [1.807, 2.05) is 0 Å². The Labute approximate surface area is 109 Å². The fraction of sp³-hybridized carbons (Fsp3) is 0.333. The molecule has 0 atom stereocenters. The van der Waals surface area contributed by atoms with E-state index in [9.17, 15) is 14.9 Å². The van der Waals surface area contributed by atoms with E-state index < -0.39 is 11.0 Å². The first-order valence-corrected chi connectivity index (χ1v) is 6.00. The number of amides is 1. The quantitative estimate of drug-likeness (QED) is 0.673. The molecule has 0 aliphatic heterocycles. The molecule has 7 heteroatoms. The summed E-state index contributed by atoms with van der Waals surface area (Å²) >= 11 is 0. The molecule has 0 saturated carbocycles. The number of fused-ring (bicyclic) bond motifs is 1. The number of nitrogens with two attached hydrogens (primary N) is 1. The fourth-order valence-corrected chi connectivity index (χ4v) is 1.98. The van der Waals surface area contributed by atoms with Gasteiger partial charge in [-0.05, 0) is 18.9 Å². The molecule has 1 aromatic carbocycles. The van der Waals surface area contributed by atoms with Gasteiger partial charge in [0.1, 0.15) is 0 Å². The van der Waals surface area contributed by atoms with Crippen LogP contribution in [0.1, 0.15) is 25.5 Å². The van der Waals surface area contributed by atoms with Crippen molar-refractivity contribution in [2.24, 2.45) is 5.73 Å². The minimum absolute atomic E-state index is 0.0862. The molecule has 0 radical (unpaired) electrons. The normalized spacial score (nSPS) is 10.8. The predicted molar refractivity (Wildman–Crippen MR) is 70.0 cm³/mol. The molecular formula is C12H14N4O3. The van der Waals surface area contributed by atoms with E-state index in [4.69, 9.17) is 5.73 Å². The van der Waals surface area contributed by atoms with Gasteiger partial charge < -0.3 is 5.73 Å². The lowest BCUT2D eigenvalue weighted by Gasteiger charge is -1.96. The number of non-ortho nitro benzene ring substituents is 1. The molecule has 0 aliphatic rings. The number of unbranched alkanes of at least 4 members (excludes halogenated alkanes) is 1. The third-order valence-electron chi connectivity index (χ3n) is 2.93. The Balaban J connectivity index is 2.61. The molecule has 2 aromatic rings. The minimum atomic E-state index is -0.742. The second kappa shape index (κ2) is 5.05. The Morgan fingerprint density at radius 1 is 1.53 bits per heavy atom. The number of carbonyl (C=O) groups is 1. The van der Waals surface area contributed by atoms with Gasteiger partial charge in [-0.3, -0.25) is 10.1 Å². The Kier molecular flexibility index (Phi) is 3.46. The number of aryl methyl sites for hydroxylation is 1. The van der Waals surface area contributed by atoms with Crippen molar-refractivity contribution >= 4 is 22.6 Å². The number of carbonyl (C=O) groups excluding carboxylic acids is 1. The van der Waals surface area contributed by atoms with Crippen LogP contribution < -0.4 is 5.73 Å². The molecule has 0 spiro atoms. The minimum Gasteiger partial charge on any atom is -0.350 e. The summed E-state index contributed by atoms with van der Waals surface area (Å²) in [5, 5.41) is 15.6. The second-order valence-electron chi connectivity index (χ2n) is 4.26.